The lowest BCUT2D eigenvalue weighted by molar-refractivity contribution is 0.516. The van der Waals surface area contributed by atoms with Crippen LogP contribution in [0.4, 0.5) is 0 Å². The van der Waals surface area contributed by atoms with Gasteiger partial charge < -0.3 is 4.74 Å². The largest absolute Gasteiger partial charge is 0.447 e. The van der Waals surface area contributed by atoms with Gasteiger partial charge in [-0.1, -0.05) is 42.5 Å². The van der Waals surface area contributed by atoms with E-state index in [-0.39, 0.29) is 0 Å². The van der Waals surface area contributed by atoms with E-state index < -0.39 is 0 Å². The van der Waals surface area contributed by atoms with Crippen LogP contribution in [-0.4, -0.2) is 4.57 Å². The molecule has 0 spiro atoms. The van der Waals surface area contributed by atoms with E-state index in [1.54, 1.807) is 0 Å². The lowest BCUT2D eigenvalue weighted by atomic mass is 10.2. The van der Waals surface area contributed by atoms with Gasteiger partial charge in [0.2, 0.25) is 5.88 Å². The first-order chi connectivity index (χ1) is 8.92. The van der Waals surface area contributed by atoms with E-state index in [0.29, 0.717) is 0 Å². The predicted octanol–water partition coefficient (Wildman–Crippen LogP) is 2.06. The molecule has 1 aromatic heterocycles. The molecule has 0 fully saturated rings. The zero-order valence-electron chi connectivity index (χ0n) is 9.71. The van der Waals surface area contributed by atoms with Crippen molar-refractivity contribution in [2.45, 2.75) is 0 Å². The Morgan fingerprint density at radius 2 is 1.61 bits per heavy atom. The Labute approximate surface area is 104 Å². The molecule has 0 saturated carbocycles. The summed E-state index contributed by atoms with van der Waals surface area (Å²) in [6.07, 6.45) is 6.02. The Bertz CT molecular complexity index is 858. The molecular formula is C16H11NO. The van der Waals surface area contributed by atoms with Crippen LogP contribution in [0.3, 0.4) is 0 Å². The molecule has 0 N–H and O–H groups in total. The third-order valence-electron chi connectivity index (χ3n) is 3.28. The van der Waals surface area contributed by atoms with Gasteiger partial charge in [-0.3, -0.25) is 4.57 Å². The summed E-state index contributed by atoms with van der Waals surface area (Å²) in [7, 11) is 0. The van der Waals surface area contributed by atoms with Crippen LogP contribution < -0.4 is 15.2 Å². The van der Waals surface area contributed by atoms with E-state index in [1.165, 1.54) is 5.39 Å². The van der Waals surface area contributed by atoms with Crippen LogP contribution in [0, 0.1) is 0 Å². The zero-order valence-corrected chi connectivity index (χ0v) is 9.71. The number of aromatic nitrogens is 1. The highest BCUT2D eigenvalue weighted by atomic mass is 16.5. The molecule has 1 aliphatic rings. The standard InChI is InChI=1S/C16H11NO/c1-2-7-14-11-18-16-15-8-4-3-6-13(15)10-17(16)9-12(14)5-1/h1-11H. The number of fused-ring (bicyclic) bond motifs is 4. The first kappa shape index (κ1) is 9.54. The average Bonchev–Trinajstić information content (AvgIpc) is 2.65. The fraction of sp³-hybridized carbons (Fsp3) is 0. The second-order valence-electron chi connectivity index (χ2n) is 4.42. The van der Waals surface area contributed by atoms with E-state index >= 15 is 0 Å². The Morgan fingerprint density at radius 3 is 2.56 bits per heavy atom. The molecule has 0 radical (unpaired) electrons. The molecule has 2 heterocycles. The molecule has 3 aromatic rings. The van der Waals surface area contributed by atoms with Gasteiger partial charge in [-0.05, 0) is 6.07 Å². The highest BCUT2D eigenvalue weighted by Gasteiger charge is 2.09. The second kappa shape index (κ2) is 3.50. The first-order valence-corrected chi connectivity index (χ1v) is 5.95. The molecule has 0 atom stereocenters. The summed E-state index contributed by atoms with van der Waals surface area (Å²) in [5.41, 5.74) is 0. The van der Waals surface area contributed by atoms with Gasteiger partial charge >= 0.3 is 0 Å². The number of hydrogen-bond donors (Lipinski definition) is 0. The van der Waals surface area contributed by atoms with Crippen LogP contribution in [0.25, 0.3) is 23.2 Å². The Kier molecular flexibility index (Phi) is 1.86. The molecular weight excluding hydrogens is 222 g/mol. The van der Waals surface area contributed by atoms with Gasteiger partial charge in [0, 0.05) is 33.6 Å². The van der Waals surface area contributed by atoms with Crippen LogP contribution in [-0.2, 0) is 0 Å². The van der Waals surface area contributed by atoms with Crippen molar-refractivity contribution >= 4 is 23.2 Å². The molecule has 0 saturated heterocycles. The monoisotopic (exact) mass is 233 g/mol. The Hall–Kier alpha value is -2.48. The summed E-state index contributed by atoms with van der Waals surface area (Å²) in [5, 5.41) is 4.59. The van der Waals surface area contributed by atoms with Crippen molar-refractivity contribution in [3.63, 3.8) is 0 Å². The SMILES string of the molecule is C1=c2ccccc2=Cn2cc3ccccc3c2O1. The number of ether oxygens (including phenoxy) is 1. The molecule has 86 valence electrons. The van der Waals surface area contributed by atoms with Gasteiger partial charge in [-0.2, -0.15) is 0 Å². The molecule has 1 aliphatic heterocycles. The average molecular weight is 233 g/mol. The zero-order chi connectivity index (χ0) is 11.9. The first-order valence-electron chi connectivity index (χ1n) is 5.95. The van der Waals surface area contributed by atoms with Crippen LogP contribution in [0.2, 0.25) is 0 Å². The Morgan fingerprint density at radius 1 is 0.833 bits per heavy atom. The molecule has 0 aliphatic carbocycles. The molecule has 0 bridgehead atoms. The third kappa shape index (κ3) is 1.29. The molecule has 0 amide bonds. The van der Waals surface area contributed by atoms with Gasteiger partial charge in [0.15, 0.2) is 0 Å². The second-order valence-corrected chi connectivity index (χ2v) is 4.42. The topological polar surface area (TPSA) is 14.2 Å². The number of benzene rings is 2. The summed E-state index contributed by atoms with van der Waals surface area (Å²) in [4.78, 5) is 0. The molecule has 2 aromatic carbocycles. The van der Waals surface area contributed by atoms with Crippen LogP contribution in [0.5, 0.6) is 5.88 Å². The van der Waals surface area contributed by atoms with Gasteiger partial charge in [0.05, 0.1) is 0 Å². The number of rotatable bonds is 0. The maximum Gasteiger partial charge on any atom is 0.211 e. The van der Waals surface area contributed by atoms with Crippen molar-refractivity contribution in [2.75, 3.05) is 0 Å². The summed E-state index contributed by atoms with van der Waals surface area (Å²) >= 11 is 0. The predicted molar refractivity (Wildman–Crippen MR) is 72.6 cm³/mol. The fourth-order valence-electron chi connectivity index (χ4n) is 2.38. The highest BCUT2D eigenvalue weighted by molar-refractivity contribution is 5.89. The maximum atomic E-state index is 5.83. The number of hydrogen-bond acceptors (Lipinski definition) is 1. The fourth-order valence-corrected chi connectivity index (χ4v) is 2.38. The Balaban J connectivity index is 2.11. The van der Waals surface area contributed by atoms with Crippen molar-refractivity contribution < 1.29 is 4.74 Å². The van der Waals surface area contributed by atoms with Crippen LogP contribution in [0.15, 0.2) is 54.7 Å². The van der Waals surface area contributed by atoms with E-state index in [9.17, 15) is 0 Å². The summed E-state index contributed by atoms with van der Waals surface area (Å²) in [5.74, 6) is 0.877. The van der Waals surface area contributed by atoms with Gasteiger partial charge in [0.1, 0.15) is 6.26 Å². The van der Waals surface area contributed by atoms with Crippen molar-refractivity contribution in [1.29, 1.82) is 0 Å². The minimum atomic E-state index is 0.877. The van der Waals surface area contributed by atoms with Crippen LogP contribution in [0.1, 0.15) is 0 Å². The number of nitrogens with zero attached hydrogens (tertiary/aromatic N) is 1. The quantitative estimate of drug-likeness (QED) is 0.579. The van der Waals surface area contributed by atoms with Gasteiger partial charge in [0.25, 0.3) is 0 Å². The minimum Gasteiger partial charge on any atom is -0.447 e. The highest BCUT2D eigenvalue weighted by Crippen LogP contribution is 2.28. The molecule has 4 rings (SSSR count). The van der Waals surface area contributed by atoms with E-state index in [4.69, 9.17) is 4.74 Å². The summed E-state index contributed by atoms with van der Waals surface area (Å²) in [6, 6.07) is 16.5. The normalized spacial score (nSPS) is 12.7. The van der Waals surface area contributed by atoms with E-state index in [0.717, 1.165) is 21.7 Å². The maximum absolute atomic E-state index is 5.83. The lowest BCUT2D eigenvalue weighted by Crippen LogP contribution is -2.23. The van der Waals surface area contributed by atoms with Gasteiger partial charge in [-0.15, -0.1) is 0 Å². The summed E-state index contributed by atoms with van der Waals surface area (Å²) < 4.78 is 7.88. The molecule has 0 unspecified atom stereocenters. The molecule has 2 nitrogen and oxygen atoms in total. The smallest absolute Gasteiger partial charge is 0.211 e. The summed E-state index contributed by atoms with van der Waals surface area (Å²) in [6.45, 7) is 0. The van der Waals surface area contributed by atoms with Crippen molar-refractivity contribution in [3.8, 4) is 5.88 Å². The van der Waals surface area contributed by atoms with Crippen molar-refractivity contribution in [1.82, 2.24) is 4.57 Å². The van der Waals surface area contributed by atoms with Gasteiger partial charge in [-0.25, -0.2) is 0 Å². The van der Waals surface area contributed by atoms with Crippen LogP contribution >= 0.6 is 0 Å². The van der Waals surface area contributed by atoms with E-state index in [2.05, 4.69) is 36.7 Å². The van der Waals surface area contributed by atoms with E-state index in [1.807, 2.05) is 35.1 Å². The van der Waals surface area contributed by atoms with Crippen molar-refractivity contribution in [2.24, 2.45) is 0 Å². The van der Waals surface area contributed by atoms with Crippen molar-refractivity contribution in [3.05, 3.63) is 65.2 Å². The minimum absolute atomic E-state index is 0.877. The molecule has 18 heavy (non-hydrogen) atoms. The molecule has 2 heteroatoms. The lowest BCUT2D eigenvalue weighted by Gasteiger charge is -2.00. The third-order valence-corrected chi connectivity index (χ3v) is 3.28.